The second kappa shape index (κ2) is 8.09. The predicted octanol–water partition coefficient (Wildman–Crippen LogP) is 2.00. The molecule has 0 amide bonds. The third-order valence-electron chi connectivity index (χ3n) is 4.51. The molecule has 0 saturated carbocycles. The Morgan fingerprint density at radius 2 is 1.39 bits per heavy atom. The average Bonchev–Trinajstić information content (AvgIpc) is 3.19. The molecule has 2 aliphatic rings. The SMILES string of the molecule is CC(COOCc1ccc2c(c1)C(=O)OC2=O)OC(=O)c1ccc2c(c1)C(=O)OC2=O. The molecule has 0 aromatic heterocycles. The van der Waals surface area contributed by atoms with E-state index in [4.69, 9.17) is 14.5 Å². The van der Waals surface area contributed by atoms with Crippen molar-refractivity contribution in [2.24, 2.45) is 0 Å². The summed E-state index contributed by atoms with van der Waals surface area (Å²) in [5.74, 6) is -3.69. The highest BCUT2D eigenvalue weighted by atomic mass is 17.2. The van der Waals surface area contributed by atoms with Crippen LogP contribution >= 0.6 is 0 Å². The smallest absolute Gasteiger partial charge is 0.346 e. The molecule has 0 fully saturated rings. The molecule has 1 atom stereocenters. The average molecular weight is 426 g/mol. The number of hydrogen-bond donors (Lipinski definition) is 0. The molecule has 1 unspecified atom stereocenters. The van der Waals surface area contributed by atoms with Gasteiger partial charge in [0.25, 0.3) is 0 Å². The molecule has 10 heteroatoms. The highest BCUT2D eigenvalue weighted by Crippen LogP contribution is 2.23. The van der Waals surface area contributed by atoms with Crippen molar-refractivity contribution in [3.8, 4) is 0 Å². The fourth-order valence-electron chi connectivity index (χ4n) is 2.97. The van der Waals surface area contributed by atoms with Crippen LogP contribution in [0.15, 0.2) is 36.4 Å². The van der Waals surface area contributed by atoms with Crippen LogP contribution in [0.5, 0.6) is 0 Å². The maximum absolute atomic E-state index is 12.2. The Bertz CT molecular complexity index is 1130. The molecule has 158 valence electrons. The lowest BCUT2D eigenvalue weighted by Crippen LogP contribution is -2.21. The molecule has 2 aliphatic heterocycles. The first-order valence-corrected chi connectivity index (χ1v) is 9.09. The Morgan fingerprint density at radius 1 is 0.806 bits per heavy atom. The number of benzene rings is 2. The Labute approximate surface area is 174 Å². The van der Waals surface area contributed by atoms with Gasteiger partial charge in [-0.05, 0) is 42.8 Å². The summed E-state index contributed by atoms with van der Waals surface area (Å²) in [4.78, 5) is 68.3. The summed E-state index contributed by atoms with van der Waals surface area (Å²) in [7, 11) is 0. The van der Waals surface area contributed by atoms with Crippen LogP contribution in [-0.2, 0) is 30.6 Å². The summed E-state index contributed by atoms with van der Waals surface area (Å²) in [6.45, 7) is 1.46. The Kier molecular flexibility index (Phi) is 5.32. The van der Waals surface area contributed by atoms with Crippen molar-refractivity contribution < 1.29 is 48.0 Å². The van der Waals surface area contributed by atoms with Gasteiger partial charge in [-0.1, -0.05) is 6.07 Å². The van der Waals surface area contributed by atoms with E-state index in [0.717, 1.165) is 0 Å². The molecule has 2 heterocycles. The van der Waals surface area contributed by atoms with E-state index in [1.165, 1.54) is 30.3 Å². The lowest BCUT2D eigenvalue weighted by Gasteiger charge is -2.13. The molecule has 0 spiro atoms. The first kappa shape index (κ1) is 20.4. The normalized spacial score (nSPS) is 15.3. The number of esters is 5. The van der Waals surface area contributed by atoms with Crippen LogP contribution in [0.25, 0.3) is 0 Å². The minimum atomic E-state index is -0.816. The van der Waals surface area contributed by atoms with Crippen molar-refractivity contribution in [1.29, 1.82) is 0 Å². The van der Waals surface area contributed by atoms with Crippen LogP contribution in [0.4, 0.5) is 0 Å². The van der Waals surface area contributed by atoms with Gasteiger partial charge in [-0.2, -0.15) is 0 Å². The molecule has 10 nitrogen and oxygen atoms in total. The zero-order valence-corrected chi connectivity index (χ0v) is 16.0. The third kappa shape index (κ3) is 4.06. The number of ether oxygens (including phenoxy) is 3. The Balaban J connectivity index is 1.26. The summed E-state index contributed by atoms with van der Waals surface area (Å²) in [5, 5.41) is 0. The molecule has 0 saturated heterocycles. The number of carbonyl (C=O) groups is 5. The van der Waals surface area contributed by atoms with Crippen molar-refractivity contribution in [3.05, 3.63) is 69.8 Å². The highest BCUT2D eigenvalue weighted by Gasteiger charge is 2.31. The summed E-state index contributed by atoms with van der Waals surface area (Å²) in [5.41, 5.74) is 1.11. The standard InChI is InChI=1S/C21H14O10/c1-10(29-17(22)12-3-5-14-16(7-12)21(26)31-19(14)24)8-27-28-9-11-2-4-13-15(6-11)20(25)30-18(13)23/h2-7,10H,8-9H2,1H3. The lowest BCUT2D eigenvalue weighted by molar-refractivity contribution is -0.312. The van der Waals surface area contributed by atoms with E-state index in [1.54, 1.807) is 13.0 Å². The molecule has 2 aromatic carbocycles. The summed E-state index contributed by atoms with van der Waals surface area (Å²) >= 11 is 0. The minimum Gasteiger partial charge on any atom is -0.456 e. The second-order valence-electron chi connectivity index (χ2n) is 6.76. The van der Waals surface area contributed by atoms with Crippen LogP contribution in [-0.4, -0.2) is 42.6 Å². The molecule has 31 heavy (non-hydrogen) atoms. The fourth-order valence-corrected chi connectivity index (χ4v) is 2.97. The molecule has 0 N–H and O–H groups in total. The van der Waals surface area contributed by atoms with Gasteiger partial charge in [0.05, 0.1) is 27.8 Å². The van der Waals surface area contributed by atoms with Crippen LogP contribution in [0.1, 0.15) is 64.3 Å². The predicted molar refractivity (Wildman–Crippen MR) is 98.0 cm³/mol. The maximum atomic E-state index is 12.2. The Hall–Kier alpha value is -3.89. The van der Waals surface area contributed by atoms with Crippen molar-refractivity contribution in [2.75, 3.05) is 6.61 Å². The van der Waals surface area contributed by atoms with E-state index in [-0.39, 0.29) is 41.0 Å². The van der Waals surface area contributed by atoms with Crippen LogP contribution in [0.2, 0.25) is 0 Å². The van der Waals surface area contributed by atoms with Crippen LogP contribution in [0, 0.1) is 0 Å². The van der Waals surface area contributed by atoms with Gasteiger partial charge >= 0.3 is 29.8 Å². The van der Waals surface area contributed by atoms with Gasteiger partial charge < -0.3 is 14.2 Å². The third-order valence-corrected chi connectivity index (χ3v) is 4.51. The van der Waals surface area contributed by atoms with Gasteiger partial charge in [0, 0.05) is 0 Å². The van der Waals surface area contributed by atoms with E-state index in [9.17, 15) is 24.0 Å². The van der Waals surface area contributed by atoms with Crippen molar-refractivity contribution in [3.63, 3.8) is 0 Å². The van der Waals surface area contributed by atoms with Gasteiger partial charge in [0.1, 0.15) is 19.3 Å². The van der Waals surface area contributed by atoms with Crippen LogP contribution < -0.4 is 0 Å². The van der Waals surface area contributed by atoms with Crippen molar-refractivity contribution in [1.82, 2.24) is 0 Å². The van der Waals surface area contributed by atoms with E-state index < -0.39 is 36.0 Å². The molecular formula is C21H14O10. The van der Waals surface area contributed by atoms with Gasteiger partial charge in [-0.25, -0.2) is 33.7 Å². The minimum absolute atomic E-state index is 0.00612. The van der Waals surface area contributed by atoms with E-state index in [2.05, 4.69) is 9.47 Å². The van der Waals surface area contributed by atoms with E-state index >= 15 is 0 Å². The lowest BCUT2D eigenvalue weighted by atomic mass is 10.1. The largest absolute Gasteiger partial charge is 0.456 e. The zero-order valence-electron chi connectivity index (χ0n) is 16.0. The number of rotatable bonds is 7. The highest BCUT2D eigenvalue weighted by molar-refractivity contribution is 6.16. The molecule has 0 radical (unpaired) electrons. The first-order chi connectivity index (χ1) is 14.8. The topological polar surface area (TPSA) is 132 Å². The molecular weight excluding hydrogens is 412 g/mol. The van der Waals surface area contributed by atoms with Crippen molar-refractivity contribution in [2.45, 2.75) is 19.6 Å². The monoisotopic (exact) mass is 426 g/mol. The number of cyclic esters (lactones) is 4. The van der Waals surface area contributed by atoms with Gasteiger partial charge in [-0.15, -0.1) is 0 Å². The first-order valence-electron chi connectivity index (χ1n) is 9.09. The van der Waals surface area contributed by atoms with Gasteiger partial charge in [0.2, 0.25) is 0 Å². The number of fused-ring (bicyclic) bond motifs is 2. The molecule has 0 aliphatic carbocycles. The van der Waals surface area contributed by atoms with E-state index in [1.807, 2.05) is 0 Å². The van der Waals surface area contributed by atoms with Crippen LogP contribution in [0.3, 0.4) is 0 Å². The molecule has 0 bridgehead atoms. The second-order valence-corrected chi connectivity index (χ2v) is 6.76. The zero-order chi connectivity index (χ0) is 22.1. The Morgan fingerprint density at radius 3 is 2.06 bits per heavy atom. The maximum Gasteiger partial charge on any atom is 0.346 e. The number of hydrogen-bond acceptors (Lipinski definition) is 10. The van der Waals surface area contributed by atoms with Gasteiger partial charge in [0.15, 0.2) is 0 Å². The number of carbonyl (C=O) groups excluding carboxylic acids is 5. The molecule has 2 aromatic rings. The van der Waals surface area contributed by atoms with E-state index in [0.29, 0.717) is 5.56 Å². The van der Waals surface area contributed by atoms with Crippen molar-refractivity contribution >= 4 is 29.8 Å². The van der Waals surface area contributed by atoms with Gasteiger partial charge in [-0.3, -0.25) is 0 Å². The quantitative estimate of drug-likeness (QED) is 0.162. The summed E-state index contributed by atoms with van der Waals surface area (Å²) in [6, 6.07) is 8.44. The summed E-state index contributed by atoms with van der Waals surface area (Å²) in [6.07, 6.45) is -0.693. The summed E-state index contributed by atoms with van der Waals surface area (Å²) < 4.78 is 14.2. The molecule has 4 rings (SSSR count). The fraction of sp³-hybridized carbons (Fsp3) is 0.190.